The normalized spacial score (nSPS) is 20.5. The van der Waals surface area contributed by atoms with Crippen LogP contribution in [-0.2, 0) is 16.1 Å². The summed E-state index contributed by atoms with van der Waals surface area (Å²) in [6.07, 6.45) is 1.82. The first-order valence-electron chi connectivity index (χ1n) is 10.3. The van der Waals surface area contributed by atoms with E-state index in [1.807, 2.05) is 73.2 Å². The third kappa shape index (κ3) is 4.46. The number of nitrogens with zero attached hydrogens (tertiary/aromatic N) is 3. The van der Waals surface area contributed by atoms with Gasteiger partial charge in [-0.2, -0.15) is 0 Å². The van der Waals surface area contributed by atoms with E-state index in [1.54, 1.807) is 7.11 Å². The molecule has 7 heteroatoms. The molecule has 0 N–H and O–H groups in total. The number of carbonyl (C=O) groups excluding carboxylic acids is 2. The van der Waals surface area contributed by atoms with E-state index in [0.717, 1.165) is 33.8 Å². The van der Waals surface area contributed by atoms with Crippen molar-refractivity contribution in [2.75, 3.05) is 24.3 Å². The number of anilines is 1. The van der Waals surface area contributed by atoms with Gasteiger partial charge in [-0.1, -0.05) is 18.2 Å². The van der Waals surface area contributed by atoms with Crippen LogP contribution in [0.4, 0.5) is 5.82 Å². The molecule has 0 aliphatic carbocycles. The molecule has 1 unspecified atom stereocenters. The summed E-state index contributed by atoms with van der Waals surface area (Å²) >= 11 is 1.54. The van der Waals surface area contributed by atoms with E-state index in [2.05, 4.69) is 4.98 Å². The standard InChI is InChI=1S/C24H27N3O3S/c1-15-5-10-22(25-11-15)26-13-20(26)21(28)14-31-24-17(3)16(2)23(29)27(24)12-18-6-8-19(30-4)9-7-18/h5-11,20,24H,12-14H2,1-4H3/t20-,24?,26?/m0/s1. The fraction of sp³-hybridized carbons (Fsp3) is 0.375. The van der Waals surface area contributed by atoms with Crippen LogP contribution in [0.15, 0.2) is 53.7 Å². The molecule has 1 amide bonds. The second kappa shape index (κ2) is 8.75. The van der Waals surface area contributed by atoms with Gasteiger partial charge < -0.3 is 14.5 Å². The number of amides is 1. The van der Waals surface area contributed by atoms with E-state index in [4.69, 9.17) is 4.74 Å². The fourth-order valence-corrected chi connectivity index (χ4v) is 5.05. The van der Waals surface area contributed by atoms with E-state index < -0.39 is 0 Å². The third-order valence-electron chi connectivity index (χ3n) is 5.90. The number of ketones is 1. The van der Waals surface area contributed by atoms with Crippen LogP contribution < -0.4 is 9.64 Å². The predicted molar refractivity (Wildman–Crippen MR) is 123 cm³/mol. The van der Waals surface area contributed by atoms with Crippen LogP contribution in [0.3, 0.4) is 0 Å². The van der Waals surface area contributed by atoms with Gasteiger partial charge in [0.25, 0.3) is 5.91 Å². The summed E-state index contributed by atoms with van der Waals surface area (Å²) in [4.78, 5) is 33.9. The Kier molecular flexibility index (Phi) is 6.05. The first-order chi connectivity index (χ1) is 14.9. The summed E-state index contributed by atoms with van der Waals surface area (Å²) in [7, 11) is 1.63. The molecule has 0 saturated carbocycles. The Balaban J connectivity index is 1.38. The number of hydrogen-bond acceptors (Lipinski definition) is 6. The van der Waals surface area contributed by atoms with Gasteiger partial charge in [-0.3, -0.25) is 9.59 Å². The lowest BCUT2D eigenvalue weighted by Crippen LogP contribution is -2.33. The lowest BCUT2D eigenvalue weighted by Gasteiger charge is -2.26. The van der Waals surface area contributed by atoms with Gasteiger partial charge in [-0.05, 0) is 55.7 Å². The van der Waals surface area contributed by atoms with E-state index in [-0.39, 0.29) is 23.1 Å². The quantitative estimate of drug-likeness (QED) is 0.588. The summed E-state index contributed by atoms with van der Waals surface area (Å²) in [6.45, 7) is 7.07. The maximum Gasteiger partial charge on any atom is 0.251 e. The summed E-state index contributed by atoms with van der Waals surface area (Å²) in [5.74, 6) is 2.22. The topological polar surface area (TPSA) is 62.5 Å². The van der Waals surface area contributed by atoms with E-state index in [1.165, 1.54) is 11.8 Å². The lowest BCUT2D eigenvalue weighted by molar-refractivity contribution is -0.126. The van der Waals surface area contributed by atoms with Crippen molar-refractivity contribution in [3.8, 4) is 5.75 Å². The molecule has 2 atom stereocenters. The Hall–Kier alpha value is -2.80. The summed E-state index contributed by atoms with van der Waals surface area (Å²) in [6, 6.07) is 11.6. The molecular weight excluding hydrogens is 410 g/mol. The molecule has 1 saturated heterocycles. The number of carbonyl (C=O) groups is 2. The summed E-state index contributed by atoms with van der Waals surface area (Å²) in [5.41, 5.74) is 3.94. The van der Waals surface area contributed by atoms with E-state index in [9.17, 15) is 9.59 Å². The summed E-state index contributed by atoms with van der Waals surface area (Å²) < 4.78 is 5.22. The fourth-order valence-electron chi connectivity index (χ4n) is 3.76. The zero-order valence-corrected chi connectivity index (χ0v) is 19.1. The van der Waals surface area contributed by atoms with Gasteiger partial charge in [0.1, 0.15) is 23.0 Å². The number of aryl methyl sites for hydroxylation is 1. The molecule has 1 aromatic heterocycles. The SMILES string of the molecule is COc1ccc(CN2C(=O)C(C)=C(C)C2SCC(=O)[C@@H]2CN2c2ccc(C)cn2)cc1. The maximum atomic E-state index is 12.8. The van der Waals surface area contributed by atoms with Crippen LogP contribution in [0.25, 0.3) is 0 Å². The van der Waals surface area contributed by atoms with Crippen molar-refractivity contribution in [1.29, 1.82) is 0 Å². The molecule has 6 nitrogen and oxygen atoms in total. The minimum Gasteiger partial charge on any atom is -0.497 e. The van der Waals surface area contributed by atoms with Gasteiger partial charge in [-0.15, -0.1) is 11.8 Å². The van der Waals surface area contributed by atoms with Gasteiger partial charge in [0, 0.05) is 24.9 Å². The number of thioether (sulfide) groups is 1. The highest BCUT2D eigenvalue weighted by Crippen LogP contribution is 2.36. The average molecular weight is 438 g/mol. The second-order valence-corrected chi connectivity index (χ2v) is 9.15. The number of methoxy groups -OCH3 is 1. The van der Waals surface area contributed by atoms with Crippen molar-refractivity contribution in [2.24, 2.45) is 0 Å². The number of rotatable bonds is 8. The van der Waals surface area contributed by atoms with Crippen molar-refractivity contribution >= 4 is 29.3 Å². The zero-order chi connectivity index (χ0) is 22.1. The van der Waals surface area contributed by atoms with Crippen LogP contribution >= 0.6 is 11.8 Å². The van der Waals surface area contributed by atoms with Gasteiger partial charge >= 0.3 is 0 Å². The molecule has 1 aromatic carbocycles. The molecule has 2 aromatic rings. The minimum atomic E-state index is -0.122. The molecule has 3 heterocycles. The highest BCUT2D eigenvalue weighted by atomic mass is 32.2. The minimum absolute atomic E-state index is 0.0372. The molecule has 2 aliphatic rings. The molecule has 4 rings (SSSR count). The zero-order valence-electron chi connectivity index (χ0n) is 18.3. The van der Waals surface area contributed by atoms with Gasteiger partial charge in [0.2, 0.25) is 0 Å². The Morgan fingerprint density at radius 1 is 1.16 bits per heavy atom. The van der Waals surface area contributed by atoms with E-state index >= 15 is 0 Å². The smallest absolute Gasteiger partial charge is 0.251 e. The molecular formula is C24H27N3O3S. The lowest BCUT2D eigenvalue weighted by atomic mass is 10.2. The molecule has 162 valence electrons. The van der Waals surface area contributed by atoms with Crippen LogP contribution in [-0.4, -0.2) is 52.4 Å². The largest absolute Gasteiger partial charge is 0.497 e. The first kappa shape index (κ1) is 21.4. The van der Waals surface area contributed by atoms with Crippen molar-refractivity contribution in [1.82, 2.24) is 9.88 Å². The second-order valence-electron chi connectivity index (χ2n) is 8.08. The van der Waals surface area contributed by atoms with Crippen LogP contribution in [0.5, 0.6) is 5.75 Å². The van der Waals surface area contributed by atoms with Crippen molar-refractivity contribution < 1.29 is 14.3 Å². The number of pyridine rings is 1. The summed E-state index contributed by atoms with van der Waals surface area (Å²) in [5, 5.41) is -0.122. The molecule has 0 spiro atoms. The molecule has 0 bridgehead atoms. The van der Waals surface area contributed by atoms with Crippen molar-refractivity contribution in [3.05, 3.63) is 64.9 Å². The Morgan fingerprint density at radius 2 is 1.90 bits per heavy atom. The number of Topliss-reactive ketones (excluding diaryl/α,β-unsaturated/α-hetero) is 1. The number of ether oxygens (including phenoxy) is 1. The van der Waals surface area contributed by atoms with Crippen LogP contribution in [0.1, 0.15) is 25.0 Å². The van der Waals surface area contributed by atoms with Crippen molar-refractivity contribution in [3.63, 3.8) is 0 Å². The molecule has 0 radical (unpaired) electrons. The predicted octanol–water partition coefficient (Wildman–Crippen LogP) is 3.59. The first-order valence-corrected chi connectivity index (χ1v) is 11.4. The van der Waals surface area contributed by atoms with Crippen molar-refractivity contribution in [2.45, 2.75) is 38.7 Å². The highest BCUT2D eigenvalue weighted by molar-refractivity contribution is 8.00. The average Bonchev–Trinajstić information content (AvgIpc) is 3.55. The highest BCUT2D eigenvalue weighted by Gasteiger charge is 2.42. The van der Waals surface area contributed by atoms with Gasteiger partial charge in [0.05, 0.1) is 12.9 Å². The Bertz CT molecular complexity index is 1020. The Labute approximate surface area is 187 Å². The van der Waals surface area contributed by atoms with E-state index in [0.29, 0.717) is 18.8 Å². The van der Waals surface area contributed by atoms with Crippen LogP contribution in [0, 0.1) is 6.92 Å². The van der Waals surface area contributed by atoms with Crippen LogP contribution in [0.2, 0.25) is 0 Å². The van der Waals surface area contributed by atoms with Gasteiger partial charge in [0.15, 0.2) is 5.78 Å². The molecule has 1 fully saturated rings. The third-order valence-corrected chi connectivity index (χ3v) is 7.27. The van der Waals surface area contributed by atoms with Gasteiger partial charge in [-0.25, -0.2) is 4.98 Å². The maximum absolute atomic E-state index is 12.8. The monoisotopic (exact) mass is 437 g/mol. The Morgan fingerprint density at radius 3 is 2.55 bits per heavy atom. The number of hydrogen-bond donors (Lipinski definition) is 0. The number of benzene rings is 1. The number of aromatic nitrogens is 1. The molecule has 2 aliphatic heterocycles. The molecule has 31 heavy (non-hydrogen) atoms.